The number of benzene rings is 2. The second-order valence-corrected chi connectivity index (χ2v) is 9.13. The van der Waals surface area contributed by atoms with Crippen molar-refractivity contribution in [3.8, 4) is 0 Å². The van der Waals surface area contributed by atoms with E-state index in [-0.39, 0.29) is 17.5 Å². The molecule has 0 atom stereocenters. The Bertz CT molecular complexity index is 1060. The van der Waals surface area contributed by atoms with E-state index in [0.717, 1.165) is 17.1 Å². The van der Waals surface area contributed by atoms with Gasteiger partial charge in [-0.3, -0.25) is 4.79 Å². The number of rotatable bonds is 10. The highest BCUT2D eigenvalue weighted by atomic mass is 35.5. The second-order valence-electron chi connectivity index (χ2n) is 6.38. The number of hydrogen-bond acceptors (Lipinski definition) is 5. The third-order valence-corrected chi connectivity index (χ3v) is 6.76. The number of carbonyl (C=O) groups excluding carboxylic acids is 1. The van der Waals surface area contributed by atoms with Crippen LogP contribution in [0.4, 0.5) is 10.1 Å². The van der Waals surface area contributed by atoms with Crippen LogP contribution in [0.2, 0.25) is 10.0 Å². The Balaban J connectivity index is 1.56. The van der Waals surface area contributed by atoms with E-state index < -0.39 is 0 Å². The van der Waals surface area contributed by atoms with Gasteiger partial charge in [0.1, 0.15) is 11.6 Å². The summed E-state index contributed by atoms with van der Waals surface area (Å²) < 4.78 is 15.0. The Kier molecular flexibility index (Phi) is 8.83. The standard InChI is InChI=1S/C21H19Cl2FN4OS2/c1-2-9-28-19(12-30-11-14-3-5-15(24)6-4-14)26-27-21(28)31-13-20(29)25-16-7-8-17(22)18(23)10-16/h2-8,10H,1,9,11-13H2,(H,25,29). The number of halogens is 3. The number of carbonyl (C=O) groups is 1. The lowest BCUT2D eigenvalue weighted by Crippen LogP contribution is -2.14. The first-order valence-electron chi connectivity index (χ1n) is 9.19. The van der Waals surface area contributed by atoms with E-state index in [1.807, 2.05) is 4.57 Å². The molecular formula is C21H19Cl2FN4OS2. The molecule has 0 unspecified atom stereocenters. The minimum atomic E-state index is -0.246. The third-order valence-electron chi connectivity index (χ3n) is 4.05. The van der Waals surface area contributed by atoms with Gasteiger partial charge in [0, 0.05) is 18.0 Å². The van der Waals surface area contributed by atoms with Gasteiger partial charge < -0.3 is 9.88 Å². The molecule has 1 aromatic heterocycles. The SMILES string of the molecule is C=CCn1c(CSCc2ccc(F)cc2)nnc1SCC(=O)Nc1ccc(Cl)c(Cl)c1. The fourth-order valence-corrected chi connectivity index (χ4v) is 4.58. The van der Waals surface area contributed by atoms with Crippen LogP contribution in [0.3, 0.4) is 0 Å². The summed E-state index contributed by atoms with van der Waals surface area (Å²) in [4.78, 5) is 12.3. The van der Waals surface area contributed by atoms with Crippen molar-refractivity contribution in [3.63, 3.8) is 0 Å². The van der Waals surface area contributed by atoms with E-state index in [1.54, 1.807) is 48.2 Å². The van der Waals surface area contributed by atoms with Gasteiger partial charge in [0.25, 0.3) is 0 Å². The highest BCUT2D eigenvalue weighted by molar-refractivity contribution is 7.99. The smallest absolute Gasteiger partial charge is 0.234 e. The molecule has 0 fully saturated rings. The van der Waals surface area contributed by atoms with Crippen molar-refractivity contribution in [2.24, 2.45) is 0 Å². The molecule has 1 N–H and O–H groups in total. The maximum atomic E-state index is 13.0. The van der Waals surface area contributed by atoms with E-state index in [2.05, 4.69) is 22.1 Å². The van der Waals surface area contributed by atoms with Gasteiger partial charge in [0.2, 0.25) is 5.91 Å². The van der Waals surface area contributed by atoms with Crippen LogP contribution < -0.4 is 5.32 Å². The highest BCUT2D eigenvalue weighted by Crippen LogP contribution is 2.26. The number of anilines is 1. The predicted molar refractivity (Wildman–Crippen MR) is 127 cm³/mol. The van der Waals surface area contributed by atoms with Crippen LogP contribution in [0.15, 0.2) is 60.3 Å². The Hall–Kier alpha value is -2.00. The molecule has 0 saturated heterocycles. The van der Waals surface area contributed by atoms with E-state index in [9.17, 15) is 9.18 Å². The van der Waals surface area contributed by atoms with Crippen molar-refractivity contribution in [3.05, 3.63) is 82.4 Å². The molecule has 5 nitrogen and oxygen atoms in total. The number of nitrogens with one attached hydrogen (secondary N) is 1. The molecule has 1 heterocycles. The molecule has 10 heteroatoms. The lowest BCUT2D eigenvalue weighted by molar-refractivity contribution is -0.113. The third kappa shape index (κ3) is 7.00. The average Bonchev–Trinajstić information content (AvgIpc) is 3.13. The Morgan fingerprint density at radius 3 is 2.61 bits per heavy atom. The minimum Gasteiger partial charge on any atom is -0.325 e. The molecule has 1 amide bonds. The molecule has 31 heavy (non-hydrogen) atoms. The van der Waals surface area contributed by atoms with Crippen LogP contribution in [-0.2, 0) is 22.8 Å². The first-order chi connectivity index (χ1) is 15.0. The molecule has 0 aliphatic carbocycles. The van der Waals surface area contributed by atoms with Crippen molar-refractivity contribution in [1.82, 2.24) is 14.8 Å². The van der Waals surface area contributed by atoms with Gasteiger partial charge in [-0.1, -0.05) is 53.2 Å². The summed E-state index contributed by atoms with van der Waals surface area (Å²) in [6, 6.07) is 11.4. The number of nitrogens with zero attached hydrogens (tertiary/aromatic N) is 3. The summed E-state index contributed by atoms with van der Waals surface area (Å²) in [5.74, 6) is 1.88. The van der Waals surface area contributed by atoms with Crippen LogP contribution in [-0.4, -0.2) is 26.4 Å². The maximum Gasteiger partial charge on any atom is 0.234 e. The molecule has 0 saturated carbocycles. The molecule has 3 aromatic rings. The lowest BCUT2D eigenvalue weighted by atomic mass is 10.2. The van der Waals surface area contributed by atoms with Crippen LogP contribution in [0.1, 0.15) is 11.4 Å². The van der Waals surface area contributed by atoms with Gasteiger partial charge in [0.05, 0.1) is 21.6 Å². The minimum absolute atomic E-state index is 0.165. The largest absolute Gasteiger partial charge is 0.325 e. The van der Waals surface area contributed by atoms with Gasteiger partial charge in [-0.25, -0.2) is 4.39 Å². The molecule has 0 bridgehead atoms. The van der Waals surface area contributed by atoms with Crippen LogP contribution in [0.5, 0.6) is 0 Å². The summed E-state index contributed by atoms with van der Waals surface area (Å²) in [5, 5.41) is 12.7. The van der Waals surface area contributed by atoms with Crippen molar-refractivity contribution in [2.75, 3.05) is 11.1 Å². The Morgan fingerprint density at radius 1 is 1.13 bits per heavy atom. The highest BCUT2D eigenvalue weighted by Gasteiger charge is 2.14. The van der Waals surface area contributed by atoms with Gasteiger partial charge in [-0.15, -0.1) is 28.5 Å². The summed E-state index contributed by atoms with van der Waals surface area (Å²) in [5.41, 5.74) is 1.61. The summed E-state index contributed by atoms with van der Waals surface area (Å²) in [6.07, 6.45) is 1.76. The first-order valence-corrected chi connectivity index (χ1v) is 12.1. The molecule has 2 aromatic carbocycles. The molecule has 0 radical (unpaired) electrons. The van der Waals surface area contributed by atoms with Crippen molar-refractivity contribution in [1.29, 1.82) is 0 Å². The van der Waals surface area contributed by atoms with Crippen molar-refractivity contribution < 1.29 is 9.18 Å². The summed E-state index contributed by atoms with van der Waals surface area (Å²) >= 11 is 14.8. The van der Waals surface area contributed by atoms with Crippen molar-refractivity contribution in [2.45, 2.75) is 23.2 Å². The van der Waals surface area contributed by atoms with E-state index in [1.165, 1.54) is 23.9 Å². The van der Waals surface area contributed by atoms with E-state index in [0.29, 0.717) is 33.2 Å². The van der Waals surface area contributed by atoms with Crippen molar-refractivity contribution >= 4 is 58.3 Å². The predicted octanol–water partition coefficient (Wildman–Crippen LogP) is 6.07. The van der Waals surface area contributed by atoms with Crippen LogP contribution in [0.25, 0.3) is 0 Å². The number of hydrogen-bond donors (Lipinski definition) is 1. The van der Waals surface area contributed by atoms with Gasteiger partial charge in [0.15, 0.2) is 5.16 Å². The molecule has 0 aliphatic rings. The quantitative estimate of drug-likeness (QED) is 0.272. The maximum absolute atomic E-state index is 13.0. The summed E-state index contributed by atoms with van der Waals surface area (Å²) in [6.45, 7) is 4.33. The monoisotopic (exact) mass is 496 g/mol. The number of thioether (sulfide) groups is 2. The van der Waals surface area contributed by atoms with Gasteiger partial charge in [-0.05, 0) is 35.9 Å². The van der Waals surface area contributed by atoms with Gasteiger partial charge in [-0.2, -0.15) is 0 Å². The summed E-state index contributed by atoms with van der Waals surface area (Å²) in [7, 11) is 0. The lowest BCUT2D eigenvalue weighted by Gasteiger charge is -2.09. The zero-order valence-electron chi connectivity index (χ0n) is 16.4. The van der Waals surface area contributed by atoms with E-state index in [4.69, 9.17) is 23.2 Å². The Labute approximate surface area is 198 Å². The fraction of sp³-hybridized carbons (Fsp3) is 0.190. The molecule has 0 spiro atoms. The zero-order chi connectivity index (χ0) is 22.2. The first kappa shape index (κ1) is 23.7. The molecule has 162 valence electrons. The molecule has 3 rings (SSSR count). The Morgan fingerprint density at radius 2 is 1.90 bits per heavy atom. The average molecular weight is 497 g/mol. The second kappa shape index (κ2) is 11.6. The molecular weight excluding hydrogens is 478 g/mol. The normalized spacial score (nSPS) is 10.8. The topological polar surface area (TPSA) is 59.8 Å². The number of aromatic nitrogens is 3. The zero-order valence-corrected chi connectivity index (χ0v) is 19.5. The van der Waals surface area contributed by atoms with Crippen LogP contribution >= 0.6 is 46.7 Å². The number of amides is 1. The fourth-order valence-electron chi connectivity index (χ4n) is 2.59. The van der Waals surface area contributed by atoms with E-state index >= 15 is 0 Å². The van der Waals surface area contributed by atoms with Gasteiger partial charge >= 0.3 is 0 Å². The van der Waals surface area contributed by atoms with Crippen LogP contribution in [0, 0.1) is 5.82 Å². The molecule has 0 aliphatic heterocycles. The number of allylic oxidation sites excluding steroid dienone is 1.